The summed E-state index contributed by atoms with van der Waals surface area (Å²) >= 11 is 0. The molecule has 1 nitrogen and oxygen atoms in total. The minimum absolute atomic E-state index is 0.319. The van der Waals surface area contributed by atoms with Crippen LogP contribution in [-0.2, 0) is 4.70 Å². The molecule has 0 aliphatic carbocycles. The molecule has 9 heavy (non-hydrogen) atoms. The Morgan fingerprint density at radius 2 is 1.78 bits per heavy atom. The molecule has 0 saturated carbocycles. The summed E-state index contributed by atoms with van der Waals surface area (Å²) in [4.78, 5) is 0. The van der Waals surface area contributed by atoms with E-state index < -0.39 is 0 Å². The number of halogens is 1. The summed E-state index contributed by atoms with van der Waals surface area (Å²) in [6.45, 7) is 0. The number of benzene rings is 1. The Bertz CT molecular complexity index is 207. The van der Waals surface area contributed by atoms with E-state index in [2.05, 4.69) is 0 Å². The molecular weight excluding hydrogens is 118 g/mol. The summed E-state index contributed by atoms with van der Waals surface area (Å²) in [7, 11) is 0.680. The Hall–Kier alpha value is -0.985. The molecule has 0 aliphatic heterocycles. The van der Waals surface area contributed by atoms with Gasteiger partial charge in [-0.2, -0.15) is 0 Å². The molecule has 0 heterocycles. The molecule has 0 amide bonds. The molecule has 44 valence electrons. The van der Waals surface area contributed by atoms with E-state index in [-0.39, 0.29) is 5.82 Å². The first-order valence-corrected chi connectivity index (χ1v) is 2.53. The summed E-state index contributed by atoms with van der Waals surface area (Å²) in [5, 5.41) is 0. The van der Waals surface area contributed by atoms with Crippen LogP contribution in [0.4, 0.5) is 4.39 Å². The van der Waals surface area contributed by atoms with Crippen LogP contribution in [-0.4, -0.2) is 7.15 Å². The predicted molar refractivity (Wildman–Crippen MR) is 32.5 cm³/mol. The van der Waals surface area contributed by atoms with Crippen LogP contribution in [0.15, 0.2) is 24.3 Å². The van der Waals surface area contributed by atoms with E-state index >= 15 is 0 Å². The summed E-state index contributed by atoms with van der Waals surface area (Å²) < 4.78 is 22.1. The average Bonchev–Trinajstić information content (AvgIpc) is 1.90. The van der Waals surface area contributed by atoms with Crippen molar-refractivity contribution >= 4 is 12.6 Å². The van der Waals surface area contributed by atoms with Crippen molar-refractivity contribution in [2.75, 3.05) is 0 Å². The van der Waals surface area contributed by atoms with Gasteiger partial charge in [0, 0.05) is 0 Å². The van der Waals surface area contributed by atoms with Gasteiger partial charge in [0.25, 0.3) is 0 Å². The van der Waals surface area contributed by atoms with Gasteiger partial charge in [-0.1, -0.05) is 0 Å². The molecule has 0 aliphatic rings. The second kappa shape index (κ2) is 2.53. The van der Waals surface area contributed by atoms with Gasteiger partial charge >= 0.3 is 51.8 Å². The topological polar surface area (TPSA) is 17.1 Å². The zero-order chi connectivity index (χ0) is 6.69. The molecule has 0 fully saturated rings. The van der Waals surface area contributed by atoms with Crippen molar-refractivity contribution in [1.29, 1.82) is 0 Å². The van der Waals surface area contributed by atoms with Crippen LogP contribution >= 0.6 is 0 Å². The molecule has 0 unspecified atom stereocenters. The third-order valence-corrected chi connectivity index (χ3v) is 1.01. The van der Waals surface area contributed by atoms with Crippen molar-refractivity contribution in [2.45, 2.75) is 0 Å². The van der Waals surface area contributed by atoms with Gasteiger partial charge in [0.2, 0.25) is 0 Å². The van der Waals surface area contributed by atoms with Crippen LogP contribution < -0.4 is 5.46 Å². The monoisotopic (exact) mass is 122 g/mol. The molecule has 0 spiro atoms. The zero-order valence-corrected chi connectivity index (χ0v) is 4.67. The SMILES string of the molecule is O=Bc1ccc(F)cc1. The van der Waals surface area contributed by atoms with Crippen LogP contribution in [0.1, 0.15) is 0 Å². The molecule has 0 atom stereocenters. The quantitative estimate of drug-likeness (QED) is 0.495. The molecule has 0 aromatic heterocycles. The summed E-state index contributed by atoms with van der Waals surface area (Å²) in [6, 6.07) is 5.37. The van der Waals surface area contributed by atoms with Crippen LogP contribution in [0.3, 0.4) is 0 Å². The van der Waals surface area contributed by atoms with Crippen molar-refractivity contribution in [3.05, 3.63) is 30.1 Å². The van der Waals surface area contributed by atoms with E-state index in [9.17, 15) is 9.10 Å². The van der Waals surface area contributed by atoms with Crippen molar-refractivity contribution in [3.63, 3.8) is 0 Å². The van der Waals surface area contributed by atoms with E-state index in [1.54, 1.807) is 0 Å². The third kappa shape index (κ3) is 1.45. The zero-order valence-electron chi connectivity index (χ0n) is 4.67. The predicted octanol–water partition coefficient (Wildman–Crippen LogP) is 0.501. The summed E-state index contributed by atoms with van der Waals surface area (Å²) in [5.74, 6) is -0.319. The average molecular weight is 122 g/mol. The molecule has 0 saturated heterocycles. The summed E-state index contributed by atoms with van der Waals surface area (Å²) in [5.41, 5.74) is 0.497. The minimum atomic E-state index is -0.319. The second-order valence-electron chi connectivity index (χ2n) is 1.67. The Labute approximate surface area is 52.8 Å². The molecule has 1 aromatic carbocycles. The van der Waals surface area contributed by atoms with Crippen LogP contribution in [0.25, 0.3) is 0 Å². The van der Waals surface area contributed by atoms with E-state index in [1.165, 1.54) is 24.3 Å². The Balaban J connectivity index is 3.01. The fourth-order valence-corrected chi connectivity index (χ4v) is 0.541. The molecule has 1 aromatic rings. The first-order chi connectivity index (χ1) is 4.33. The van der Waals surface area contributed by atoms with Gasteiger partial charge in [0.1, 0.15) is 0 Å². The molecule has 0 radical (unpaired) electrons. The normalized spacial score (nSPS) is 8.56. The number of hydrogen-bond donors (Lipinski definition) is 0. The third-order valence-electron chi connectivity index (χ3n) is 1.01. The van der Waals surface area contributed by atoms with Crippen molar-refractivity contribution < 1.29 is 9.10 Å². The van der Waals surface area contributed by atoms with Crippen LogP contribution in [0, 0.1) is 5.82 Å². The van der Waals surface area contributed by atoms with Crippen LogP contribution in [0.5, 0.6) is 0 Å². The van der Waals surface area contributed by atoms with Gasteiger partial charge in [-0.3, -0.25) is 0 Å². The Kier molecular flexibility index (Phi) is 1.73. The first kappa shape index (κ1) is 6.14. The molecule has 1 rings (SSSR count). The molecule has 0 N–H and O–H groups in total. The maximum absolute atomic E-state index is 12.1. The molecular formula is C6H4BFO. The standard InChI is InChI=1S/C6H4BFO/c8-6-3-1-5(7-9)2-4-6/h1-4H. The molecule has 3 heteroatoms. The van der Waals surface area contributed by atoms with Crippen molar-refractivity contribution in [2.24, 2.45) is 0 Å². The van der Waals surface area contributed by atoms with Crippen molar-refractivity contribution in [1.82, 2.24) is 0 Å². The fraction of sp³-hybridized carbons (Fsp3) is 0. The van der Waals surface area contributed by atoms with E-state index in [0.29, 0.717) is 12.6 Å². The van der Waals surface area contributed by atoms with Gasteiger partial charge in [0.05, 0.1) is 0 Å². The Morgan fingerprint density at radius 3 is 2.22 bits per heavy atom. The van der Waals surface area contributed by atoms with Gasteiger partial charge < -0.3 is 0 Å². The van der Waals surface area contributed by atoms with Gasteiger partial charge in [-0.05, 0) is 0 Å². The van der Waals surface area contributed by atoms with E-state index in [1.807, 2.05) is 0 Å². The van der Waals surface area contributed by atoms with E-state index in [0.717, 1.165) is 0 Å². The maximum atomic E-state index is 12.1. The van der Waals surface area contributed by atoms with Gasteiger partial charge in [-0.25, -0.2) is 0 Å². The van der Waals surface area contributed by atoms with Gasteiger partial charge in [0.15, 0.2) is 0 Å². The van der Waals surface area contributed by atoms with Gasteiger partial charge in [-0.15, -0.1) is 0 Å². The van der Waals surface area contributed by atoms with Crippen molar-refractivity contribution in [3.8, 4) is 0 Å². The summed E-state index contributed by atoms with van der Waals surface area (Å²) in [6.07, 6.45) is 0. The molecule has 0 bridgehead atoms. The number of rotatable bonds is 1. The van der Waals surface area contributed by atoms with E-state index in [4.69, 9.17) is 0 Å². The first-order valence-electron chi connectivity index (χ1n) is 2.53. The second-order valence-corrected chi connectivity index (χ2v) is 1.67. The number of hydrogen-bond acceptors (Lipinski definition) is 1. The Morgan fingerprint density at radius 1 is 1.22 bits per heavy atom. The fourth-order valence-electron chi connectivity index (χ4n) is 0.541. The van der Waals surface area contributed by atoms with Crippen LogP contribution in [0.2, 0.25) is 0 Å².